The van der Waals surface area contributed by atoms with E-state index in [-0.39, 0.29) is 36.1 Å². The molecule has 0 spiro atoms. The highest BCUT2D eigenvalue weighted by molar-refractivity contribution is 5.94. The molecule has 0 fully saturated rings. The molecule has 1 aromatic rings. The fraction of sp³-hybridized carbons (Fsp3) is 0.526. The quantitative estimate of drug-likeness (QED) is 0.702. The minimum absolute atomic E-state index is 0.0356. The van der Waals surface area contributed by atoms with Crippen LogP contribution in [0.3, 0.4) is 0 Å². The van der Waals surface area contributed by atoms with Crippen LogP contribution in [0.1, 0.15) is 57.0 Å². The molecule has 6 heteroatoms. The first kappa shape index (κ1) is 20.7. The largest absolute Gasteiger partial charge is 0.355 e. The lowest BCUT2D eigenvalue weighted by molar-refractivity contribution is -0.128. The first-order chi connectivity index (χ1) is 11.6. The van der Waals surface area contributed by atoms with Crippen LogP contribution in [0, 0.1) is 0 Å². The molecular formula is C19H29N3O3. The lowest BCUT2D eigenvalue weighted by Crippen LogP contribution is -2.45. The van der Waals surface area contributed by atoms with Crippen LogP contribution in [0.2, 0.25) is 0 Å². The van der Waals surface area contributed by atoms with Crippen molar-refractivity contribution in [1.29, 1.82) is 0 Å². The molecule has 0 aliphatic carbocycles. The van der Waals surface area contributed by atoms with E-state index in [1.807, 2.05) is 19.1 Å². The van der Waals surface area contributed by atoms with Gasteiger partial charge in [-0.2, -0.15) is 0 Å². The Labute approximate surface area is 149 Å². The molecule has 138 valence electrons. The van der Waals surface area contributed by atoms with Crippen molar-refractivity contribution in [1.82, 2.24) is 16.0 Å². The van der Waals surface area contributed by atoms with E-state index in [1.165, 1.54) is 0 Å². The van der Waals surface area contributed by atoms with Crippen molar-refractivity contribution in [2.24, 2.45) is 0 Å². The summed E-state index contributed by atoms with van der Waals surface area (Å²) in [6.45, 7) is 10.5. The Morgan fingerprint density at radius 3 is 2.16 bits per heavy atom. The Bertz CT molecular complexity index is 603. The summed E-state index contributed by atoms with van der Waals surface area (Å²) in [6, 6.07) is 6.86. The molecule has 0 heterocycles. The molecule has 3 N–H and O–H groups in total. The predicted octanol–water partition coefficient (Wildman–Crippen LogP) is 1.74. The molecule has 0 aromatic heterocycles. The van der Waals surface area contributed by atoms with E-state index in [0.717, 1.165) is 5.56 Å². The Morgan fingerprint density at radius 1 is 1.04 bits per heavy atom. The van der Waals surface area contributed by atoms with Crippen LogP contribution in [-0.4, -0.2) is 36.9 Å². The molecule has 1 rings (SSSR count). The van der Waals surface area contributed by atoms with Crippen molar-refractivity contribution in [2.45, 2.75) is 52.5 Å². The molecule has 0 saturated heterocycles. The Balaban J connectivity index is 2.41. The molecule has 0 aliphatic rings. The molecule has 25 heavy (non-hydrogen) atoms. The highest BCUT2D eigenvalue weighted by atomic mass is 16.2. The van der Waals surface area contributed by atoms with Crippen LogP contribution in [0.25, 0.3) is 0 Å². The van der Waals surface area contributed by atoms with Crippen molar-refractivity contribution in [3.63, 3.8) is 0 Å². The summed E-state index contributed by atoms with van der Waals surface area (Å²) < 4.78 is 0. The minimum atomic E-state index is -0.590. The average molecular weight is 347 g/mol. The third kappa shape index (κ3) is 6.95. The van der Waals surface area contributed by atoms with Gasteiger partial charge in [0.05, 0.1) is 0 Å². The number of carbonyl (C=O) groups excluding carboxylic acids is 3. The van der Waals surface area contributed by atoms with Crippen LogP contribution in [0.15, 0.2) is 24.3 Å². The van der Waals surface area contributed by atoms with Gasteiger partial charge in [-0.25, -0.2) is 0 Å². The molecule has 0 bridgehead atoms. The standard InChI is InChI=1S/C19H29N3O3/c1-6-20-17(24)13(2)22-16(23)11-12-21-18(25)14-7-9-15(10-8-14)19(3,4)5/h7-10,13H,6,11-12H2,1-5H3,(H,20,24)(H,21,25)(H,22,23)/t13-/m0/s1. The molecule has 0 radical (unpaired) electrons. The summed E-state index contributed by atoms with van der Waals surface area (Å²) in [7, 11) is 0. The molecule has 0 saturated carbocycles. The molecule has 6 nitrogen and oxygen atoms in total. The lowest BCUT2D eigenvalue weighted by atomic mass is 9.87. The van der Waals surface area contributed by atoms with Crippen molar-refractivity contribution >= 4 is 17.7 Å². The maximum Gasteiger partial charge on any atom is 0.251 e. The van der Waals surface area contributed by atoms with Crippen molar-refractivity contribution in [3.05, 3.63) is 35.4 Å². The first-order valence-corrected chi connectivity index (χ1v) is 8.61. The molecule has 0 unspecified atom stereocenters. The summed E-state index contributed by atoms with van der Waals surface area (Å²) in [5.41, 5.74) is 1.75. The molecule has 3 amide bonds. The zero-order valence-corrected chi connectivity index (χ0v) is 15.7. The van der Waals surface area contributed by atoms with Crippen molar-refractivity contribution < 1.29 is 14.4 Å². The zero-order chi connectivity index (χ0) is 19.0. The third-order valence-corrected chi connectivity index (χ3v) is 3.77. The van der Waals surface area contributed by atoms with Gasteiger partial charge in [0.1, 0.15) is 6.04 Å². The first-order valence-electron chi connectivity index (χ1n) is 8.61. The van der Waals surface area contributed by atoms with Gasteiger partial charge in [0.25, 0.3) is 5.91 Å². The van der Waals surface area contributed by atoms with Gasteiger partial charge in [-0.1, -0.05) is 32.9 Å². The number of hydrogen-bond acceptors (Lipinski definition) is 3. The summed E-state index contributed by atoms with van der Waals surface area (Å²) >= 11 is 0. The van der Waals surface area contributed by atoms with Gasteiger partial charge < -0.3 is 16.0 Å². The minimum Gasteiger partial charge on any atom is -0.355 e. The van der Waals surface area contributed by atoms with Crippen molar-refractivity contribution in [3.8, 4) is 0 Å². The van der Waals surface area contributed by atoms with E-state index in [4.69, 9.17) is 0 Å². The number of rotatable bonds is 7. The predicted molar refractivity (Wildman–Crippen MR) is 98.4 cm³/mol. The van der Waals surface area contributed by atoms with Crippen LogP contribution in [-0.2, 0) is 15.0 Å². The summed E-state index contributed by atoms with van der Waals surface area (Å²) in [5.74, 6) is -0.717. The molecule has 1 atom stereocenters. The smallest absolute Gasteiger partial charge is 0.251 e. The molecule has 1 aromatic carbocycles. The van der Waals surface area contributed by atoms with E-state index in [0.29, 0.717) is 12.1 Å². The Kier molecular flexibility index (Phi) is 7.61. The number of likely N-dealkylation sites (N-methyl/N-ethyl adjacent to an activating group) is 1. The van der Waals surface area contributed by atoms with Gasteiger partial charge >= 0.3 is 0 Å². The van der Waals surface area contributed by atoms with Gasteiger partial charge in [0.2, 0.25) is 11.8 Å². The van der Waals surface area contributed by atoms with Gasteiger partial charge in [-0.05, 0) is 37.0 Å². The molecular weight excluding hydrogens is 318 g/mol. The number of amides is 3. The van der Waals surface area contributed by atoms with E-state index in [2.05, 4.69) is 36.7 Å². The van der Waals surface area contributed by atoms with Crippen LogP contribution in [0.4, 0.5) is 0 Å². The zero-order valence-electron chi connectivity index (χ0n) is 15.7. The van der Waals surface area contributed by atoms with Crippen LogP contribution >= 0.6 is 0 Å². The Morgan fingerprint density at radius 2 is 1.64 bits per heavy atom. The normalized spacial score (nSPS) is 12.2. The maximum atomic E-state index is 12.1. The Hall–Kier alpha value is -2.37. The number of nitrogens with one attached hydrogen (secondary N) is 3. The fourth-order valence-corrected chi connectivity index (χ4v) is 2.22. The fourth-order valence-electron chi connectivity index (χ4n) is 2.22. The van der Waals surface area contributed by atoms with Gasteiger partial charge in [0, 0.05) is 25.1 Å². The number of hydrogen-bond donors (Lipinski definition) is 3. The van der Waals surface area contributed by atoms with Crippen LogP contribution < -0.4 is 16.0 Å². The second-order valence-electron chi connectivity index (χ2n) is 7.02. The second kappa shape index (κ2) is 9.20. The number of benzene rings is 1. The third-order valence-electron chi connectivity index (χ3n) is 3.77. The molecule has 0 aliphatic heterocycles. The van der Waals surface area contributed by atoms with Gasteiger partial charge in [-0.3, -0.25) is 14.4 Å². The van der Waals surface area contributed by atoms with E-state index < -0.39 is 6.04 Å². The van der Waals surface area contributed by atoms with Crippen molar-refractivity contribution in [2.75, 3.05) is 13.1 Å². The van der Waals surface area contributed by atoms with Crippen LogP contribution in [0.5, 0.6) is 0 Å². The summed E-state index contributed by atoms with van der Waals surface area (Å²) in [6.07, 6.45) is 0.121. The van der Waals surface area contributed by atoms with Gasteiger partial charge in [0.15, 0.2) is 0 Å². The van der Waals surface area contributed by atoms with Gasteiger partial charge in [-0.15, -0.1) is 0 Å². The van der Waals surface area contributed by atoms with E-state index in [9.17, 15) is 14.4 Å². The highest BCUT2D eigenvalue weighted by Crippen LogP contribution is 2.22. The highest BCUT2D eigenvalue weighted by Gasteiger charge is 2.16. The van der Waals surface area contributed by atoms with E-state index in [1.54, 1.807) is 19.1 Å². The lowest BCUT2D eigenvalue weighted by Gasteiger charge is -2.19. The number of carbonyl (C=O) groups is 3. The second-order valence-corrected chi connectivity index (χ2v) is 7.02. The maximum absolute atomic E-state index is 12.1. The summed E-state index contributed by atoms with van der Waals surface area (Å²) in [5, 5.41) is 7.95. The average Bonchev–Trinajstić information content (AvgIpc) is 2.54. The van der Waals surface area contributed by atoms with E-state index >= 15 is 0 Å². The topological polar surface area (TPSA) is 87.3 Å². The summed E-state index contributed by atoms with van der Waals surface area (Å²) in [4.78, 5) is 35.4. The monoisotopic (exact) mass is 347 g/mol. The SMILES string of the molecule is CCNC(=O)[C@H](C)NC(=O)CCNC(=O)c1ccc(C(C)(C)C)cc1.